The van der Waals surface area contributed by atoms with Gasteiger partial charge in [0.15, 0.2) is 0 Å². The van der Waals surface area contributed by atoms with E-state index in [-0.39, 0.29) is 5.97 Å². The Balaban J connectivity index is 2.88. The first kappa shape index (κ1) is 12.4. The van der Waals surface area contributed by atoms with Crippen molar-refractivity contribution in [2.24, 2.45) is 0 Å². The van der Waals surface area contributed by atoms with E-state index < -0.39 is 0 Å². The molecule has 0 saturated heterocycles. The normalized spacial score (nSPS) is 17.9. The first-order valence-electron chi connectivity index (χ1n) is 5.43. The summed E-state index contributed by atoms with van der Waals surface area (Å²) >= 11 is 4.27. The largest absolute Gasteiger partial charge is 0.462 e. The third-order valence-electron chi connectivity index (χ3n) is 2.45. The fourth-order valence-electron chi connectivity index (χ4n) is 1.78. The summed E-state index contributed by atoms with van der Waals surface area (Å²) in [5, 5.41) is 0. The molecule has 0 amide bonds. The van der Waals surface area contributed by atoms with Gasteiger partial charge in [0.25, 0.3) is 0 Å². The van der Waals surface area contributed by atoms with Gasteiger partial charge in [0, 0.05) is 0 Å². The summed E-state index contributed by atoms with van der Waals surface area (Å²) in [4.78, 5) is 12.5. The van der Waals surface area contributed by atoms with E-state index in [1.807, 2.05) is 13.8 Å². The Labute approximate surface area is 96.8 Å². The van der Waals surface area contributed by atoms with E-state index in [1.165, 1.54) is 6.42 Å². The molecule has 0 radical (unpaired) electrons. The van der Waals surface area contributed by atoms with Crippen LogP contribution in [0.15, 0.2) is 22.1 Å². The molecule has 0 spiro atoms. The molecule has 84 valence electrons. The number of esters is 1. The van der Waals surface area contributed by atoms with Crippen molar-refractivity contribution in [3.05, 3.63) is 22.1 Å². The van der Waals surface area contributed by atoms with Crippen molar-refractivity contribution in [1.29, 1.82) is 0 Å². The zero-order valence-corrected chi connectivity index (χ0v) is 10.3. The van der Waals surface area contributed by atoms with Gasteiger partial charge in [-0.15, -0.1) is 12.6 Å². The van der Waals surface area contributed by atoms with Crippen LogP contribution >= 0.6 is 12.6 Å². The van der Waals surface area contributed by atoms with E-state index in [2.05, 4.69) is 18.7 Å². The number of carbonyl (C=O) groups excluding carboxylic acids is 1. The van der Waals surface area contributed by atoms with Crippen molar-refractivity contribution in [1.82, 2.24) is 0 Å². The van der Waals surface area contributed by atoms with Crippen LogP contribution in [0, 0.1) is 0 Å². The highest BCUT2D eigenvalue weighted by molar-refractivity contribution is 7.84. The molecule has 0 bridgehead atoms. The number of rotatable bonds is 3. The molecule has 3 heteroatoms. The second kappa shape index (κ2) is 6.01. The number of hydrogen-bond donors (Lipinski definition) is 1. The summed E-state index contributed by atoms with van der Waals surface area (Å²) in [6.07, 6.45) is 6.52. The molecule has 0 aromatic rings. The molecule has 0 saturated carbocycles. The highest BCUT2D eigenvalue weighted by atomic mass is 32.1. The third-order valence-corrected chi connectivity index (χ3v) is 2.68. The van der Waals surface area contributed by atoms with Crippen LogP contribution in [0.3, 0.4) is 0 Å². The van der Waals surface area contributed by atoms with Crippen molar-refractivity contribution in [2.75, 3.05) is 6.61 Å². The maximum atomic E-state index is 11.7. The molecule has 0 N–H and O–H groups in total. The lowest BCUT2D eigenvalue weighted by molar-refractivity contribution is -0.138. The number of allylic oxidation sites excluding steroid dienone is 2. The van der Waals surface area contributed by atoms with Crippen LogP contribution in [0.1, 0.15) is 39.5 Å². The highest BCUT2D eigenvalue weighted by Crippen LogP contribution is 2.27. The van der Waals surface area contributed by atoms with Crippen LogP contribution in [0.25, 0.3) is 0 Å². The molecule has 0 aromatic carbocycles. The molecule has 2 nitrogen and oxygen atoms in total. The Morgan fingerprint density at radius 2 is 2.27 bits per heavy atom. The minimum atomic E-state index is -0.238. The Kier molecular flexibility index (Phi) is 4.95. The molecular weight excluding hydrogens is 208 g/mol. The van der Waals surface area contributed by atoms with E-state index in [0.717, 1.165) is 29.7 Å². The number of thiol groups is 1. The highest BCUT2D eigenvalue weighted by Gasteiger charge is 2.18. The van der Waals surface area contributed by atoms with Gasteiger partial charge in [0.2, 0.25) is 0 Å². The van der Waals surface area contributed by atoms with Gasteiger partial charge in [0.1, 0.15) is 0 Å². The maximum Gasteiger partial charge on any atom is 0.339 e. The standard InChI is InChI=1S/C12H18O2S/c1-3-14-12(13)11(9(2)15)10-7-5-4-6-8-10/h7,15H,3-6,8H2,1-2H3/b11-9+. The van der Waals surface area contributed by atoms with Crippen molar-refractivity contribution in [2.45, 2.75) is 39.5 Å². The van der Waals surface area contributed by atoms with E-state index in [1.54, 1.807) is 0 Å². The summed E-state index contributed by atoms with van der Waals surface area (Å²) in [5.74, 6) is -0.238. The van der Waals surface area contributed by atoms with Crippen LogP contribution in [0.2, 0.25) is 0 Å². The average molecular weight is 226 g/mol. The molecule has 0 atom stereocenters. The molecule has 0 heterocycles. The van der Waals surface area contributed by atoms with Gasteiger partial charge in [-0.3, -0.25) is 0 Å². The van der Waals surface area contributed by atoms with Gasteiger partial charge in [0.05, 0.1) is 12.2 Å². The lowest BCUT2D eigenvalue weighted by Crippen LogP contribution is -2.12. The fourth-order valence-corrected chi connectivity index (χ4v) is 2.01. The van der Waals surface area contributed by atoms with Crippen molar-refractivity contribution >= 4 is 18.6 Å². The van der Waals surface area contributed by atoms with Crippen LogP contribution in [0.5, 0.6) is 0 Å². The molecule has 0 fully saturated rings. The molecule has 1 aliphatic rings. The zero-order chi connectivity index (χ0) is 11.3. The Morgan fingerprint density at radius 1 is 1.53 bits per heavy atom. The number of ether oxygens (including phenoxy) is 1. The first-order valence-corrected chi connectivity index (χ1v) is 5.88. The molecule has 0 unspecified atom stereocenters. The molecule has 15 heavy (non-hydrogen) atoms. The van der Waals surface area contributed by atoms with Crippen LogP contribution in [-0.2, 0) is 9.53 Å². The summed E-state index contributed by atoms with van der Waals surface area (Å²) < 4.78 is 5.03. The van der Waals surface area contributed by atoms with Crippen molar-refractivity contribution in [3.8, 4) is 0 Å². The van der Waals surface area contributed by atoms with Crippen molar-refractivity contribution in [3.63, 3.8) is 0 Å². The van der Waals surface area contributed by atoms with Gasteiger partial charge in [-0.2, -0.15) is 0 Å². The predicted molar refractivity (Wildman–Crippen MR) is 64.9 cm³/mol. The predicted octanol–water partition coefficient (Wildman–Crippen LogP) is 3.25. The minimum Gasteiger partial charge on any atom is -0.462 e. The van der Waals surface area contributed by atoms with E-state index in [0.29, 0.717) is 12.2 Å². The zero-order valence-electron chi connectivity index (χ0n) is 9.38. The van der Waals surface area contributed by atoms with Gasteiger partial charge >= 0.3 is 5.97 Å². The van der Waals surface area contributed by atoms with E-state index in [4.69, 9.17) is 4.74 Å². The van der Waals surface area contributed by atoms with Gasteiger partial charge in [-0.25, -0.2) is 4.79 Å². The topological polar surface area (TPSA) is 26.3 Å². The van der Waals surface area contributed by atoms with Gasteiger partial charge < -0.3 is 4.74 Å². The number of hydrogen-bond acceptors (Lipinski definition) is 3. The average Bonchev–Trinajstić information content (AvgIpc) is 2.19. The SMILES string of the molecule is CCOC(=O)/C(C1=CCCCC1)=C(\C)S. The Bertz CT molecular complexity index is 299. The van der Waals surface area contributed by atoms with Crippen LogP contribution in [0.4, 0.5) is 0 Å². The monoisotopic (exact) mass is 226 g/mol. The number of carbonyl (C=O) groups is 1. The maximum absolute atomic E-state index is 11.7. The first-order chi connectivity index (χ1) is 7.16. The summed E-state index contributed by atoms with van der Waals surface area (Å²) in [6, 6.07) is 0. The lowest BCUT2D eigenvalue weighted by Gasteiger charge is -2.16. The smallest absolute Gasteiger partial charge is 0.339 e. The van der Waals surface area contributed by atoms with E-state index >= 15 is 0 Å². The lowest BCUT2D eigenvalue weighted by atomic mass is 9.93. The molecule has 0 aromatic heterocycles. The summed E-state index contributed by atoms with van der Waals surface area (Å²) in [7, 11) is 0. The van der Waals surface area contributed by atoms with Crippen LogP contribution in [-0.4, -0.2) is 12.6 Å². The molecule has 1 rings (SSSR count). The molecule has 0 aliphatic heterocycles. The van der Waals surface area contributed by atoms with Gasteiger partial charge in [-0.05, 0) is 50.0 Å². The summed E-state index contributed by atoms with van der Waals surface area (Å²) in [6.45, 7) is 4.07. The third kappa shape index (κ3) is 3.42. The second-order valence-corrected chi connectivity index (χ2v) is 4.33. The second-order valence-electron chi connectivity index (χ2n) is 3.66. The minimum absolute atomic E-state index is 0.238. The molecular formula is C12H18O2S. The fraction of sp³-hybridized carbons (Fsp3) is 0.583. The summed E-state index contributed by atoms with van der Waals surface area (Å²) in [5.41, 5.74) is 1.77. The van der Waals surface area contributed by atoms with Gasteiger partial charge in [-0.1, -0.05) is 6.08 Å². The van der Waals surface area contributed by atoms with E-state index in [9.17, 15) is 4.79 Å². The van der Waals surface area contributed by atoms with Crippen molar-refractivity contribution < 1.29 is 9.53 Å². The quantitative estimate of drug-likeness (QED) is 0.454. The Hall–Kier alpha value is -0.700. The Morgan fingerprint density at radius 3 is 2.73 bits per heavy atom. The molecule has 1 aliphatic carbocycles. The van der Waals surface area contributed by atoms with Crippen LogP contribution < -0.4 is 0 Å².